The number of nitriles is 1. The number of carbonyl (C=O) groups is 1. The number of anilines is 1. The minimum Gasteiger partial charge on any atom is -0.497 e. The minimum absolute atomic E-state index is 0.144. The molecule has 0 radical (unpaired) electrons. The number of aryl methyl sites for hydroxylation is 1. The summed E-state index contributed by atoms with van der Waals surface area (Å²) in [6, 6.07) is 16.6. The topological polar surface area (TPSA) is 96.9 Å². The van der Waals surface area contributed by atoms with Gasteiger partial charge in [-0.25, -0.2) is 4.99 Å². The molecule has 4 aromatic rings. The predicted octanol–water partition coefficient (Wildman–Crippen LogP) is 5.75. The summed E-state index contributed by atoms with van der Waals surface area (Å²) in [4.78, 5) is 19.4. The lowest BCUT2D eigenvalue weighted by Gasteiger charge is -2.10. The van der Waals surface area contributed by atoms with Crippen LogP contribution in [0.25, 0.3) is 11.0 Å². The summed E-state index contributed by atoms with van der Waals surface area (Å²) in [5.74, 6) is 0.782. The van der Waals surface area contributed by atoms with Gasteiger partial charge in [-0.15, -0.1) is 11.3 Å². The quantitative estimate of drug-likeness (QED) is 0.388. The average Bonchev–Trinajstić information content (AvgIpc) is 3.25. The van der Waals surface area contributed by atoms with Crippen LogP contribution in [0.3, 0.4) is 0 Å². The molecule has 1 amide bonds. The second kappa shape index (κ2) is 9.65. The lowest BCUT2D eigenvalue weighted by atomic mass is 9.96. The van der Waals surface area contributed by atoms with Crippen molar-refractivity contribution in [3.8, 4) is 17.6 Å². The monoisotopic (exact) mass is 485 g/mol. The molecule has 176 valence electrons. The van der Waals surface area contributed by atoms with Crippen molar-refractivity contribution >= 4 is 38.9 Å². The number of fused-ring (bicyclic) bond motifs is 2. The van der Waals surface area contributed by atoms with Gasteiger partial charge in [0, 0.05) is 10.3 Å². The molecule has 0 saturated carbocycles. The molecule has 0 bridgehead atoms. The van der Waals surface area contributed by atoms with Crippen molar-refractivity contribution in [2.45, 2.75) is 25.7 Å². The molecule has 8 heteroatoms. The SMILES string of the molecule is COc1ccc2oc(=Nc3sc4c(c3C#N)CCCC4)c(C(=O)Nc3ccccc3OC)cc2c1. The first-order valence-corrected chi connectivity index (χ1v) is 12.1. The number of hydrogen-bond acceptors (Lipinski definition) is 7. The first-order chi connectivity index (χ1) is 17.1. The Morgan fingerprint density at radius 1 is 1.11 bits per heavy atom. The second-order valence-corrected chi connectivity index (χ2v) is 9.22. The van der Waals surface area contributed by atoms with Crippen molar-refractivity contribution in [1.29, 1.82) is 5.26 Å². The van der Waals surface area contributed by atoms with E-state index in [1.807, 2.05) is 12.1 Å². The van der Waals surface area contributed by atoms with Gasteiger partial charge < -0.3 is 19.2 Å². The van der Waals surface area contributed by atoms with Crippen LogP contribution in [0.2, 0.25) is 0 Å². The minimum atomic E-state index is -0.401. The van der Waals surface area contributed by atoms with E-state index in [4.69, 9.17) is 18.9 Å². The number of nitrogens with zero attached hydrogens (tertiary/aromatic N) is 2. The maximum absolute atomic E-state index is 13.5. The van der Waals surface area contributed by atoms with Gasteiger partial charge in [0.1, 0.15) is 33.7 Å². The van der Waals surface area contributed by atoms with E-state index in [0.717, 1.165) is 31.2 Å². The summed E-state index contributed by atoms with van der Waals surface area (Å²) in [7, 11) is 3.13. The number of thiophene rings is 1. The summed E-state index contributed by atoms with van der Waals surface area (Å²) in [6.45, 7) is 0. The van der Waals surface area contributed by atoms with E-state index in [-0.39, 0.29) is 11.1 Å². The lowest BCUT2D eigenvalue weighted by Crippen LogP contribution is -2.22. The van der Waals surface area contributed by atoms with Crippen LogP contribution in [0.5, 0.6) is 11.5 Å². The highest BCUT2D eigenvalue weighted by molar-refractivity contribution is 7.16. The van der Waals surface area contributed by atoms with Crippen LogP contribution >= 0.6 is 11.3 Å². The fraction of sp³-hybridized carbons (Fsp3) is 0.222. The lowest BCUT2D eigenvalue weighted by molar-refractivity contribution is 0.102. The van der Waals surface area contributed by atoms with Crippen molar-refractivity contribution in [2.75, 3.05) is 19.5 Å². The summed E-state index contributed by atoms with van der Waals surface area (Å²) >= 11 is 1.50. The second-order valence-electron chi connectivity index (χ2n) is 8.14. The third-order valence-electron chi connectivity index (χ3n) is 6.02. The molecule has 0 spiro atoms. The number of nitrogens with one attached hydrogen (secondary N) is 1. The molecule has 0 aliphatic heterocycles. The van der Waals surface area contributed by atoms with E-state index >= 15 is 0 Å². The standard InChI is InChI=1S/C27H23N3O4S/c1-32-17-11-12-22-16(13-17)14-19(25(31)29-21-8-4-5-9-23(21)33-2)26(34-22)30-27-20(15-28)18-7-3-6-10-24(18)35-27/h4-5,8-9,11-14H,3,6-7,10H2,1-2H3,(H,29,31). The van der Waals surface area contributed by atoms with Gasteiger partial charge in [0.05, 0.1) is 25.5 Å². The molecular formula is C27H23N3O4S. The number of hydrogen-bond donors (Lipinski definition) is 1. The van der Waals surface area contributed by atoms with Crippen molar-refractivity contribution in [3.63, 3.8) is 0 Å². The molecule has 2 heterocycles. The highest BCUT2D eigenvalue weighted by atomic mass is 32.1. The third-order valence-corrected chi connectivity index (χ3v) is 7.21. The van der Waals surface area contributed by atoms with Crippen molar-refractivity contribution in [1.82, 2.24) is 0 Å². The Morgan fingerprint density at radius 3 is 2.74 bits per heavy atom. The van der Waals surface area contributed by atoms with Gasteiger partial charge in [-0.1, -0.05) is 12.1 Å². The van der Waals surface area contributed by atoms with Crippen LogP contribution in [0.15, 0.2) is 57.9 Å². The van der Waals surface area contributed by atoms with Gasteiger partial charge in [-0.05, 0) is 67.6 Å². The fourth-order valence-electron chi connectivity index (χ4n) is 4.26. The van der Waals surface area contributed by atoms with Crippen LogP contribution in [-0.2, 0) is 12.8 Å². The number of para-hydroxylation sites is 2. The molecule has 2 aromatic heterocycles. The van der Waals surface area contributed by atoms with E-state index in [2.05, 4.69) is 11.4 Å². The maximum Gasteiger partial charge on any atom is 0.261 e. The predicted molar refractivity (Wildman–Crippen MR) is 135 cm³/mol. The molecule has 0 unspecified atom stereocenters. The Hall–Kier alpha value is -4.09. The Bertz CT molecular complexity index is 1540. The number of amides is 1. The van der Waals surface area contributed by atoms with Crippen LogP contribution in [0, 0.1) is 11.3 Å². The van der Waals surface area contributed by atoms with Crippen LogP contribution in [0.1, 0.15) is 39.2 Å². The van der Waals surface area contributed by atoms with Crippen LogP contribution in [0.4, 0.5) is 10.7 Å². The van der Waals surface area contributed by atoms with E-state index < -0.39 is 5.91 Å². The van der Waals surface area contributed by atoms with Gasteiger partial charge in [0.2, 0.25) is 5.55 Å². The number of benzene rings is 2. The number of carbonyl (C=O) groups excluding carboxylic acids is 1. The Balaban J connectivity index is 1.68. The fourth-order valence-corrected chi connectivity index (χ4v) is 5.46. The molecule has 2 aromatic carbocycles. The van der Waals surface area contributed by atoms with Gasteiger partial charge in [0.15, 0.2) is 0 Å². The Morgan fingerprint density at radius 2 is 1.94 bits per heavy atom. The number of rotatable bonds is 5. The van der Waals surface area contributed by atoms with Crippen molar-refractivity contribution in [3.05, 3.63) is 75.7 Å². The molecule has 0 atom stereocenters. The smallest absolute Gasteiger partial charge is 0.261 e. The summed E-state index contributed by atoms with van der Waals surface area (Å²) in [5, 5.41) is 14.0. The Kier molecular flexibility index (Phi) is 6.25. The highest BCUT2D eigenvalue weighted by Gasteiger charge is 2.22. The zero-order chi connectivity index (χ0) is 24.4. The van der Waals surface area contributed by atoms with E-state index in [0.29, 0.717) is 38.7 Å². The first-order valence-electron chi connectivity index (χ1n) is 11.3. The molecule has 35 heavy (non-hydrogen) atoms. The normalized spacial score (nSPS) is 13.2. The molecule has 1 aliphatic carbocycles. The average molecular weight is 486 g/mol. The molecule has 1 N–H and O–H groups in total. The summed E-state index contributed by atoms with van der Waals surface area (Å²) in [5.41, 5.74) is 3.12. The molecule has 0 fully saturated rings. The molecular weight excluding hydrogens is 462 g/mol. The molecule has 7 nitrogen and oxygen atoms in total. The largest absolute Gasteiger partial charge is 0.497 e. The van der Waals surface area contributed by atoms with Gasteiger partial charge in [0.25, 0.3) is 5.91 Å². The highest BCUT2D eigenvalue weighted by Crippen LogP contribution is 2.39. The summed E-state index contributed by atoms with van der Waals surface area (Å²) < 4.78 is 16.8. The Labute approximate surface area is 206 Å². The van der Waals surface area contributed by atoms with Crippen LogP contribution in [-0.4, -0.2) is 20.1 Å². The van der Waals surface area contributed by atoms with Crippen LogP contribution < -0.4 is 20.3 Å². The first kappa shape index (κ1) is 22.7. The zero-order valence-electron chi connectivity index (χ0n) is 19.4. The van der Waals surface area contributed by atoms with Gasteiger partial charge in [-0.3, -0.25) is 4.79 Å². The molecule has 1 aliphatic rings. The van der Waals surface area contributed by atoms with E-state index in [1.54, 1.807) is 50.6 Å². The number of ether oxygens (including phenoxy) is 2. The molecule has 0 saturated heterocycles. The van der Waals surface area contributed by atoms with Crippen molar-refractivity contribution in [2.24, 2.45) is 4.99 Å². The van der Waals surface area contributed by atoms with E-state index in [1.165, 1.54) is 16.2 Å². The third kappa shape index (κ3) is 4.38. The number of methoxy groups -OCH3 is 2. The van der Waals surface area contributed by atoms with Crippen molar-refractivity contribution < 1.29 is 18.7 Å². The maximum atomic E-state index is 13.5. The van der Waals surface area contributed by atoms with E-state index in [9.17, 15) is 10.1 Å². The van der Waals surface area contributed by atoms with Gasteiger partial charge in [-0.2, -0.15) is 5.26 Å². The summed E-state index contributed by atoms with van der Waals surface area (Å²) in [6.07, 6.45) is 3.99. The van der Waals surface area contributed by atoms with Gasteiger partial charge >= 0.3 is 0 Å². The molecule has 5 rings (SSSR count). The zero-order valence-corrected chi connectivity index (χ0v) is 20.2.